The lowest BCUT2D eigenvalue weighted by Gasteiger charge is -2.47. The van der Waals surface area contributed by atoms with E-state index in [1.807, 2.05) is 0 Å². The quantitative estimate of drug-likeness (QED) is 0.799. The highest BCUT2D eigenvalue weighted by Gasteiger charge is 2.36. The van der Waals surface area contributed by atoms with E-state index >= 15 is 0 Å². The van der Waals surface area contributed by atoms with Crippen LogP contribution in [0, 0.1) is 0 Å². The molecule has 0 aromatic heterocycles. The highest BCUT2D eigenvalue weighted by atomic mass is 32.2. The van der Waals surface area contributed by atoms with Gasteiger partial charge in [-0.2, -0.15) is 11.8 Å². The van der Waals surface area contributed by atoms with Crippen molar-refractivity contribution in [3.63, 3.8) is 0 Å². The molecule has 1 aliphatic heterocycles. The van der Waals surface area contributed by atoms with Gasteiger partial charge in [0.05, 0.1) is 0 Å². The van der Waals surface area contributed by atoms with Crippen molar-refractivity contribution in [1.29, 1.82) is 0 Å². The van der Waals surface area contributed by atoms with Crippen LogP contribution in [0.4, 0.5) is 0 Å². The van der Waals surface area contributed by atoms with Gasteiger partial charge in [-0.25, -0.2) is 0 Å². The zero-order valence-electron chi connectivity index (χ0n) is 11.1. The van der Waals surface area contributed by atoms with E-state index in [4.69, 9.17) is 10.5 Å². The predicted molar refractivity (Wildman–Crippen MR) is 72.1 cm³/mol. The highest BCUT2D eigenvalue weighted by Crippen LogP contribution is 2.33. The lowest BCUT2D eigenvalue weighted by molar-refractivity contribution is 0.0647. The Labute approximate surface area is 104 Å². The van der Waals surface area contributed by atoms with Crippen molar-refractivity contribution in [2.75, 3.05) is 39.1 Å². The SMILES string of the molecule is COCCC(C)(CN)N1CCSC(C)(C)C1. The van der Waals surface area contributed by atoms with Gasteiger partial charge in [-0.05, 0) is 27.2 Å². The smallest absolute Gasteiger partial charge is 0.0480 e. The van der Waals surface area contributed by atoms with Crippen LogP contribution in [0.3, 0.4) is 0 Å². The molecule has 1 aliphatic rings. The van der Waals surface area contributed by atoms with Gasteiger partial charge in [0, 0.05) is 49.4 Å². The highest BCUT2D eigenvalue weighted by molar-refractivity contribution is 8.00. The van der Waals surface area contributed by atoms with E-state index in [0.717, 1.165) is 26.1 Å². The summed E-state index contributed by atoms with van der Waals surface area (Å²) < 4.78 is 5.54. The normalized spacial score (nSPS) is 25.3. The van der Waals surface area contributed by atoms with E-state index in [1.165, 1.54) is 5.75 Å². The molecule has 0 aromatic rings. The number of nitrogens with two attached hydrogens (primary N) is 1. The minimum absolute atomic E-state index is 0.0915. The maximum absolute atomic E-state index is 5.96. The molecule has 1 saturated heterocycles. The van der Waals surface area contributed by atoms with Crippen LogP contribution in [0.15, 0.2) is 0 Å². The van der Waals surface area contributed by atoms with Crippen molar-refractivity contribution in [3.8, 4) is 0 Å². The van der Waals surface area contributed by atoms with Gasteiger partial charge in [-0.1, -0.05) is 0 Å². The molecule has 0 aromatic carbocycles. The Balaban J connectivity index is 2.64. The molecule has 3 nitrogen and oxygen atoms in total. The van der Waals surface area contributed by atoms with Crippen molar-refractivity contribution in [2.45, 2.75) is 37.5 Å². The Morgan fingerprint density at radius 1 is 1.50 bits per heavy atom. The zero-order chi connectivity index (χ0) is 12.2. The number of hydrogen-bond acceptors (Lipinski definition) is 4. The summed E-state index contributed by atoms with van der Waals surface area (Å²) in [6.45, 7) is 10.7. The Morgan fingerprint density at radius 2 is 2.19 bits per heavy atom. The van der Waals surface area contributed by atoms with E-state index in [0.29, 0.717) is 11.3 Å². The Bertz CT molecular complexity index is 223. The minimum atomic E-state index is 0.0915. The average Bonchev–Trinajstić information content (AvgIpc) is 2.24. The topological polar surface area (TPSA) is 38.5 Å². The number of nitrogens with zero attached hydrogens (tertiary/aromatic N) is 1. The molecule has 1 rings (SSSR count). The maximum atomic E-state index is 5.96. The third-order valence-corrected chi connectivity index (χ3v) is 4.77. The first-order valence-corrected chi connectivity index (χ1v) is 7.00. The molecule has 1 fully saturated rings. The number of hydrogen-bond donors (Lipinski definition) is 1. The monoisotopic (exact) mass is 246 g/mol. The minimum Gasteiger partial charge on any atom is -0.385 e. The molecule has 1 heterocycles. The Morgan fingerprint density at radius 3 is 2.69 bits per heavy atom. The van der Waals surface area contributed by atoms with Gasteiger partial charge < -0.3 is 10.5 Å². The van der Waals surface area contributed by atoms with Gasteiger partial charge >= 0.3 is 0 Å². The van der Waals surface area contributed by atoms with Gasteiger partial charge in [0.25, 0.3) is 0 Å². The van der Waals surface area contributed by atoms with Crippen LogP contribution >= 0.6 is 11.8 Å². The molecule has 0 amide bonds. The van der Waals surface area contributed by atoms with Crippen molar-refractivity contribution in [3.05, 3.63) is 0 Å². The lowest BCUT2D eigenvalue weighted by atomic mass is 9.94. The first kappa shape index (κ1) is 14.3. The van der Waals surface area contributed by atoms with Crippen LogP contribution < -0.4 is 5.73 Å². The first-order valence-electron chi connectivity index (χ1n) is 6.01. The largest absolute Gasteiger partial charge is 0.385 e. The second kappa shape index (κ2) is 5.71. The molecule has 96 valence electrons. The summed E-state index contributed by atoms with van der Waals surface area (Å²) in [5.74, 6) is 1.20. The molecule has 4 heteroatoms. The van der Waals surface area contributed by atoms with Gasteiger partial charge in [0.1, 0.15) is 0 Å². The number of ether oxygens (including phenoxy) is 1. The number of thioether (sulfide) groups is 1. The standard InChI is InChI=1S/C12H26N2OS/c1-11(2)10-14(6-8-16-11)12(3,9-13)5-7-15-4/h5-10,13H2,1-4H3. The van der Waals surface area contributed by atoms with Crippen LogP contribution in [0.2, 0.25) is 0 Å². The van der Waals surface area contributed by atoms with E-state index in [1.54, 1.807) is 7.11 Å². The van der Waals surface area contributed by atoms with E-state index in [-0.39, 0.29) is 5.54 Å². The summed E-state index contributed by atoms with van der Waals surface area (Å²) in [5.41, 5.74) is 6.05. The molecule has 0 bridgehead atoms. The fourth-order valence-electron chi connectivity index (χ4n) is 2.19. The maximum Gasteiger partial charge on any atom is 0.0480 e. The second-order valence-corrected chi connectivity index (χ2v) is 7.28. The molecule has 0 radical (unpaired) electrons. The third kappa shape index (κ3) is 3.62. The molecule has 1 unspecified atom stereocenters. The summed E-state index contributed by atoms with van der Waals surface area (Å²) in [6.07, 6.45) is 1.01. The van der Waals surface area contributed by atoms with Crippen LogP contribution in [0.1, 0.15) is 27.2 Å². The van der Waals surface area contributed by atoms with E-state index in [2.05, 4.69) is 37.4 Å². The number of rotatable bonds is 5. The summed E-state index contributed by atoms with van der Waals surface area (Å²) in [4.78, 5) is 2.54. The van der Waals surface area contributed by atoms with Crippen molar-refractivity contribution in [1.82, 2.24) is 4.90 Å². The van der Waals surface area contributed by atoms with Crippen LogP contribution in [0.25, 0.3) is 0 Å². The van der Waals surface area contributed by atoms with E-state index < -0.39 is 0 Å². The molecule has 0 spiro atoms. The fourth-order valence-corrected chi connectivity index (χ4v) is 3.30. The van der Waals surface area contributed by atoms with E-state index in [9.17, 15) is 0 Å². The summed E-state index contributed by atoms with van der Waals surface area (Å²) in [5, 5.41) is 0. The van der Waals surface area contributed by atoms with Crippen LogP contribution in [-0.4, -0.2) is 54.3 Å². The fraction of sp³-hybridized carbons (Fsp3) is 1.00. The molecule has 0 saturated carbocycles. The number of methoxy groups -OCH3 is 1. The second-order valence-electron chi connectivity index (χ2n) is 5.47. The average molecular weight is 246 g/mol. The summed E-state index contributed by atoms with van der Waals surface area (Å²) in [7, 11) is 1.76. The van der Waals surface area contributed by atoms with Gasteiger partial charge in [-0.3, -0.25) is 4.90 Å². The summed E-state index contributed by atoms with van der Waals surface area (Å²) in [6, 6.07) is 0. The third-order valence-electron chi connectivity index (χ3n) is 3.47. The molecular formula is C12H26N2OS. The lowest BCUT2D eigenvalue weighted by Crippen LogP contribution is -2.58. The van der Waals surface area contributed by atoms with Crippen molar-refractivity contribution < 1.29 is 4.74 Å². The molecule has 2 N–H and O–H groups in total. The zero-order valence-corrected chi connectivity index (χ0v) is 11.9. The van der Waals surface area contributed by atoms with Crippen molar-refractivity contribution >= 4 is 11.8 Å². The van der Waals surface area contributed by atoms with Crippen molar-refractivity contribution in [2.24, 2.45) is 5.73 Å². The molecule has 16 heavy (non-hydrogen) atoms. The summed E-state index contributed by atoms with van der Waals surface area (Å²) >= 11 is 2.06. The molecule has 0 aliphatic carbocycles. The first-order chi connectivity index (χ1) is 7.43. The van der Waals surface area contributed by atoms with Crippen LogP contribution in [-0.2, 0) is 4.74 Å². The Hall–Kier alpha value is 0.230. The molecular weight excluding hydrogens is 220 g/mol. The van der Waals surface area contributed by atoms with Gasteiger partial charge in [-0.15, -0.1) is 0 Å². The van der Waals surface area contributed by atoms with Gasteiger partial charge in [0.2, 0.25) is 0 Å². The van der Waals surface area contributed by atoms with Crippen LogP contribution in [0.5, 0.6) is 0 Å². The predicted octanol–water partition coefficient (Wildman–Crippen LogP) is 1.57. The van der Waals surface area contributed by atoms with Gasteiger partial charge in [0.15, 0.2) is 0 Å². The Kier molecular flexibility index (Phi) is 5.10. The molecule has 1 atom stereocenters.